The first-order valence-electron chi connectivity index (χ1n) is 14.5. The van der Waals surface area contributed by atoms with Crippen LogP contribution >= 0.6 is 0 Å². The molecule has 0 bridgehead atoms. The van der Waals surface area contributed by atoms with Crippen molar-refractivity contribution in [1.82, 2.24) is 15.2 Å². The van der Waals surface area contributed by atoms with Crippen LogP contribution in [-0.2, 0) is 22.4 Å². The second-order valence-corrected chi connectivity index (χ2v) is 11.5. The summed E-state index contributed by atoms with van der Waals surface area (Å²) in [5.74, 6) is -3.23. The third-order valence-electron chi connectivity index (χ3n) is 8.30. The number of hydrogen-bond acceptors (Lipinski definition) is 6. The summed E-state index contributed by atoms with van der Waals surface area (Å²) in [6, 6.07) is 10.2. The third-order valence-corrected chi connectivity index (χ3v) is 8.30. The highest BCUT2D eigenvalue weighted by Crippen LogP contribution is 2.48. The van der Waals surface area contributed by atoms with E-state index in [0.717, 1.165) is 75.2 Å². The number of carbonyl (C=O) groups excluding carboxylic acids is 1. The van der Waals surface area contributed by atoms with Crippen molar-refractivity contribution in [2.24, 2.45) is 5.92 Å². The van der Waals surface area contributed by atoms with Crippen molar-refractivity contribution < 1.29 is 23.5 Å². The molecule has 2 atom stereocenters. The number of carboxylic acid groups (broad SMARTS) is 1. The van der Waals surface area contributed by atoms with Gasteiger partial charge in [0.05, 0.1) is 5.92 Å². The minimum atomic E-state index is -2.62. The fraction of sp³-hybridized carbons (Fsp3) is 0.567. The number of alkyl halides is 2. The van der Waals surface area contributed by atoms with Crippen LogP contribution in [-0.4, -0.2) is 71.6 Å². The molecule has 1 saturated carbocycles. The zero-order valence-electron chi connectivity index (χ0n) is 22.8. The predicted octanol–water partition coefficient (Wildman–Crippen LogP) is 4.28. The van der Waals surface area contributed by atoms with Gasteiger partial charge in [0.25, 0.3) is 0 Å². The number of anilines is 2. The molecule has 2 fully saturated rings. The summed E-state index contributed by atoms with van der Waals surface area (Å²) in [5, 5.41) is 18.9. The number of aromatic nitrogens is 1. The van der Waals surface area contributed by atoms with Crippen LogP contribution < -0.4 is 16.0 Å². The van der Waals surface area contributed by atoms with Gasteiger partial charge in [0.15, 0.2) is 0 Å². The molecule has 2 aliphatic heterocycles. The Balaban J connectivity index is 1.07. The maximum absolute atomic E-state index is 13.3. The Kier molecular flexibility index (Phi) is 8.83. The number of nitrogens with zero attached hydrogens (tertiary/aromatic N) is 2. The second kappa shape index (κ2) is 12.5. The van der Waals surface area contributed by atoms with Gasteiger partial charge in [-0.15, -0.1) is 0 Å². The molecule has 216 valence electrons. The number of carbonyl (C=O) groups is 2. The number of aryl methyl sites for hydroxylation is 2. The van der Waals surface area contributed by atoms with Crippen LogP contribution in [0.15, 0.2) is 36.4 Å². The normalized spacial score (nSPS) is 21.4. The van der Waals surface area contributed by atoms with Crippen LogP contribution in [0.5, 0.6) is 0 Å². The lowest BCUT2D eigenvalue weighted by atomic mass is 9.76. The number of benzene rings is 1. The summed E-state index contributed by atoms with van der Waals surface area (Å²) in [7, 11) is 0. The van der Waals surface area contributed by atoms with Gasteiger partial charge in [0, 0.05) is 43.9 Å². The minimum absolute atomic E-state index is 0.0611. The van der Waals surface area contributed by atoms with Crippen molar-refractivity contribution in [3.63, 3.8) is 0 Å². The van der Waals surface area contributed by atoms with Gasteiger partial charge in [-0.25, -0.2) is 18.6 Å². The van der Waals surface area contributed by atoms with Gasteiger partial charge in [-0.05, 0) is 86.9 Å². The number of amides is 1. The molecule has 1 saturated heterocycles. The maximum Gasteiger partial charge on any atom is 0.327 e. The summed E-state index contributed by atoms with van der Waals surface area (Å²) in [6.07, 6.45) is 5.40. The highest BCUT2D eigenvalue weighted by Gasteiger charge is 2.45. The zero-order valence-corrected chi connectivity index (χ0v) is 22.8. The average molecular weight is 556 g/mol. The van der Waals surface area contributed by atoms with Gasteiger partial charge in [0.1, 0.15) is 11.9 Å². The number of likely N-dealkylation sites (tertiary alicyclic amines) is 1. The van der Waals surface area contributed by atoms with Crippen LogP contribution in [0.25, 0.3) is 0 Å². The Morgan fingerprint density at radius 1 is 1.20 bits per heavy atom. The van der Waals surface area contributed by atoms with E-state index in [1.165, 1.54) is 5.56 Å². The van der Waals surface area contributed by atoms with E-state index in [4.69, 9.17) is 4.98 Å². The predicted molar refractivity (Wildman–Crippen MR) is 150 cm³/mol. The smallest absolute Gasteiger partial charge is 0.327 e. The first kappa shape index (κ1) is 28.3. The van der Waals surface area contributed by atoms with Crippen LogP contribution in [0.1, 0.15) is 61.3 Å². The van der Waals surface area contributed by atoms with E-state index in [2.05, 4.69) is 33.0 Å². The third kappa shape index (κ3) is 7.27. The molecule has 10 heteroatoms. The fourth-order valence-electron chi connectivity index (χ4n) is 5.99. The van der Waals surface area contributed by atoms with Gasteiger partial charge in [-0.3, -0.25) is 4.79 Å². The van der Waals surface area contributed by atoms with Crippen molar-refractivity contribution in [3.8, 4) is 0 Å². The SMILES string of the molecule is O=C(NC[C@@H](Nc1cccc(C2CC(F)(F)C2)c1)C(=O)O)[C@@H]1CCCN(CCCc2ccc3c(n2)NCCC3)C1. The largest absolute Gasteiger partial charge is 0.480 e. The van der Waals surface area contributed by atoms with E-state index in [1.54, 1.807) is 24.3 Å². The number of aliphatic carboxylic acids is 1. The van der Waals surface area contributed by atoms with Gasteiger partial charge in [0.2, 0.25) is 11.8 Å². The monoisotopic (exact) mass is 555 g/mol. The van der Waals surface area contributed by atoms with Crippen molar-refractivity contribution in [2.75, 3.05) is 43.4 Å². The number of pyridine rings is 1. The Labute approximate surface area is 233 Å². The number of halogens is 2. The highest BCUT2D eigenvalue weighted by atomic mass is 19.3. The Morgan fingerprint density at radius 2 is 2.05 bits per heavy atom. The highest BCUT2D eigenvalue weighted by molar-refractivity contribution is 5.82. The molecule has 1 aromatic heterocycles. The van der Waals surface area contributed by atoms with Gasteiger partial charge in [-0.2, -0.15) is 0 Å². The molecule has 2 aromatic rings. The molecule has 1 aromatic carbocycles. The van der Waals surface area contributed by atoms with E-state index in [-0.39, 0.29) is 37.1 Å². The lowest BCUT2D eigenvalue weighted by molar-refractivity contribution is -0.138. The van der Waals surface area contributed by atoms with Crippen molar-refractivity contribution >= 4 is 23.4 Å². The van der Waals surface area contributed by atoms with Crippen LogP contribution in [0.2, 0.25) is 0 Å². The van der Waals surface area contributed by atoms with Crippen molar-refractivity contribution in [2.45, 2.75) is 69.2 Å². The summed E-state index contributed by atoms with van der Waals surface area (Å²) >= 11 is 0. The van der Waals surface area contributed by atoms with Crippen molar-refractivity contribution in [1.29, 1.82) is 0 Å². The Morgan fingerprint density at radius 3 is 2.85 bits per heavy atom. The molecule has 3 heterocycles. The molecular weight excluding hydrogens is 516 g/mol. The maximum atomic E-state index is 13.3. The van der Waals surface area contributed by atoms with Gasteiger partial charge < -0.3 is 26.0 Å². The van der Waals surface area contributed by atoms with Crippen molar-refractivity contribution in [3.05, 3.63) is 53.2 Å². The molecule has 0 unspecified atom stereocenters. The summed E-state index contributed by atoms with van der Waals surface area (Å²) in [4.78, 5) is 31.9. The number of hydrogen-bond donors (Lipinski definition) is 4. The number of carboxylic acids is 1. The number of fused-ring (bicyclic) bond motifs is 1. The second-order valence-electron chi connectivity index (χ2n) is 11.5. The van der Waals surface area contributed by atoms with Crippen LogP contribution in [0.3, 0.4) is 0 Å². The first-order chi connectivity index (χ1) is 19.3. The topological polar surface area (TPSA) is 107 Å². The minimum Gasteiger partial charge on any atom is -0.480 e. The van der Waals surface area contributed by atoms with E-state index in [0.29, 0.717) is 12.2 Å². The lowest BCUT2D eigenvalue weighted by Gasteiger charge is -2.35. The molecule has 5 rings (SSSR count). The standard InChI is InChI=1S/C30H39F2N5O3/c31-30(32)16-23(17-30)21-5-1-8-25(15-21)35-26(29(39)40)18-34-28(38)22-7-3-13-37(19-22)14-4-9-24-11-10-20-6-2-12-33-27(20)36-24/h1,5,8,10-11,15,22-23,26,35H,2-4,6-7,9,12-14,16-19H2,(H,33,36)(H,34,38)(H,39,40)/t22-,26-/m1/s1. The summed E-state index contributed by atoms with van der Waals surface area (Å²) in [5.41, 5.74) is 3.69. The van der Waals surface area contributed by atoms with Crippen LogP contribution in [0, 0.1) is 5.92 Å². The number of piperidine rings is 1. The molecule has 4 N–H and O–H groups in total. The molecule has 1 amide bonds. The molecular formula is C30H39F2N5O3. The van der Waals surface area contributed by atoms with E-state index in [1.807, 2.05) is 0 Å². The molecule has 0 radical (unpaired) electrons. The fourth-order valence-corrected chi connectivity index (χ4v) is 5.99. The first-order valence-corrected chi connectivity index (χ1v) is 14.5. The average Bonchev–Trinajstić information content (AvgIpc) is 2.94. The molecule has 0 spiro atoms. The van der Waals surface area contributed by atoms with Gasteiger partial charge >= 0.3 is 5.97 Å². The Hall–Kier alpha value is -3.27. The molecule has 8 nitrogen and oxygen atoms in total. The van der Waals surface area contributed by atoms with E-state index < -0.39 is 17.9 Å². The number of rotatable bonds is 11. The summed E-state index contributed by atoms with van der Waals surface area (Å²) < 4.78 is 26.6. The lowest BCUT2D eigenvalue weighted by Crippen LogP contribution is -2.47. The van der Waals surface area contributed by atoms with Gasteiger partial charge in [-0.1, -0.05) is 18.2 Å². The summed E-state index contributed by atoms with van der Waals surface area (Å²) in [6.45, 7) is 3.41. The zero-order chi connectivity index (χ0) is 28.1. The molecule has 40 heavy (non-hydrogen) atoms. The quantitative estimate of drug-likeness (QED) is 0.328. The molecule has 3 aliphatic rings. The van der Waals surface area contributed by atoms with E-state index >= 15 is 0 Å². The molecule has 1 aliphatic carbocycles. The van der Waals surface area contributed by atoms with Crippen LogP contribution in [0.4, 0.5) is 20.3 Å². The van der Waals surface area contributed by atoms with E-state index in [9.17, 15) is 23.5 Å². The number of nitrogens with one attached hydrogen (secondary N) is 3. The Bertz CT molecular complexity index is 1200.